The molecule has 166 valence electrons. The third kappa shape index (κ3) is 3.90. The van der Waals surface area contributed by atoms with E-state index in [-0.39, 0.29) is 12.3 Å². The fourth-order valence-corrected chi connectivity index (χ4v) is 4.47. The van der Waals surface area contributed by atoms with Crippen molar-refractivity contribution in [3.8, 4) is 5.75 Å². The molecule has 10 heteroatoms. The predicted molar refractivity (Wildman–Crippen MR) is 105 cm³/mol. The number of fused-ring (bicyclic) bond motifs is 1. The third-order valence-electron chi connectivity index (χ3n) is 5.79. The second-order valence-corrected chi connectivity index (χ2v) is 7.82. The van der Waals surface area contributed by atoms with Gasteiger partial charge in [-0.2, -0.15) is 0 Å². The van der Waals surface area contributed by atoms with Gasteiger partial charge < -0.3 is 14.9 Å². The van der Waals surface area contributed by atoms with Crippen LogP contribution in [0.25, 0.3) is 0 Å². The molecule has 1 aromatic carbocycles. The molecule has 0 aromatic heterocycles. The van der Waals surface area contributed by atoms with Crippen LogP contribution in [0.3, 0.4) is 0 Å². The second kappa shape index (κ2) is 8.46. The number of nitrogens with one attached hydrogen (secondary N) is 1. The summed E-state index contributed by atoms with van der Waals surface area (Å²) in [5.41, 5.74) is -1.64. The number of hydrogen-bond donors (Lipinski definition) is 3. The number of carbonyl (C=O) groups is 5. The van der Waals surface area contributed by atoms with Crippen LogP contribution in [0.15, 0.2) is 24.3 Å². The highest BCUT2D eigenvalue weighted by Crippen LogP contribution is 2.50. The van der Waals surface area contributed by atoms with Crippen LogP contribution in [0, 0.1) is 11.8 Å². The van der Waals surface area contributed by atoms with Crippen molar-refractivity contribution in [2.45, 2.75) is 44.7 Å². The molecule has 0 bridgehead atoms. The number of carboxylic acids is 2. The Morgan fingerprint density at radius 1 is 1.13 bits per heavy atom. The van der Waals surface area contributed by atoms with E-state index in [2.05, 4.69) is 5.32 Å². The van der Waals surface area contributed by atoms with Gasteiger partial charge in [0.2, 0.25) is 11.8 Å². The molecule has 0 saturated carbocycles. The van der Waals surface area contributed by atoms with E-state index >= 15 is 0 Å². The van der Waals surface area contributed by atoms with E-state index < -0.39 is 59.6 Å². The number of hydrogen-bond acceptors (Lipinski definition) is 7. The molecule has 4 unspecified atom stereocenters. The molecule has 4 atom stereocenters. The van der Waals surface area contributed by atoms with Gasteiger partial charge in [-0.3, -0.25) is 34.2 Å². The number of nitrogens with zero attached hydrogens (tertiary/aromatic N) is 1. The van der Waals surface area contributed by atoms with Crippen molar-refractivity contribution >= 4 is 29.7 Å². The molecule has 2 aliphatic heterocycles. The van der Waals surface area contributed by atoms with Gasteiger partial charge in [-0.05, 0) is 24.1 Å². The smallest absolute Gasteiger partial charge is 0.325 e. The largest absolute Gasteiger partial charge is 0.481 e. The third-order valence-corrected chi connectivity index (χ3v) is 5.79. The minimum absolute atomic E-state index is 0.155. The lowest BCUT2D eigenvalue weighted by molar-refractivity contribution is -0.156. The number of amides is 2. The molecule has 3 N–H and O–H groups in total. The Balaban J connectivity index is 2.05. The minimum Gasteiger partial charge on any atom is -0.481 e. The van der Waals surface area contributed by atoms with Gasteiger partial charge in [0.25, 0.3) is 0 Å². The van der Waals surface area contributed by atoms with Crippen molar-refractivity contribution in [1.29, 1.82) is 0 Å². The van der Waals surface area contributed by atoms with Crippen molar-refractivity contribution < 1.29 is 38.9 Å². The molecule has 2 amide bonds. The molecule has 2 saturated heterocycles. The summed E-state index contributed by atoms with van der Waals surface area (Å²) in [5.74, 6) is -6.73. The number of likely N-dealkylation sites (tertiary alicyclic amines) is 1. The standard InChI is InChI=1S/C21H24N2O8/c1-3-4-9-23-18(27)15-16(19(23)28)21(20(29)30,10-14(25)26)22-17(15)12-5-7-13(8-6-12)31-11(2)24/h5-8,15-17,22H,3-4,9-10H2,1-2H3,(H,25,26)(H,29,30). The first kappa shape index (κ1) is 22.4. The van der Waals surface area contributed by atoms with Crippen molar-refractivity contribution in [3.05, 3.63) is 29.8 Å². The molecule has 2 aliphatic rings. The van der Waals surface area contributed by atoms with Gasteiger partial charge in [0, 0.05) is 19.5 Å². The number of imide groups is 1. The Morgan fingerprint density at radius 3 is 2.29 bits per heavy atom. The van der Waals surface area contributed by atoms with E-state index in [0.29, 0.717) is 12.0 Å². The summed E-state index contributed by atoms with van der Waals surface area (Å²) < 4.78 is 4.99. The van der Waals surface area contributed by atoms with Gasteiger partial charge >= 0.3 is 17.9 Å². The van der Waals surface area contributed by atoms with Gasteiger partial charge in [0.15, 0.2) is 0 Å². The topological polar surface area (TPSA) is 150 Å². The van der Waals surface area contributed by atoms with Gasteiger partial charge in [-0.15, -0.1) is 0 Å². The zero-order valence-corrected chi connectivity index (χ0v) is 17.2. The van der Waals surface area contributed by atoms with Gasteiger partial charge in [-0.25, -0.2) is 0 Å². The van der Waals surface area contributed by atoms with Crippen LogP contribution < -0.4 is 10.1 Å². The molecule has 0 aliphatic carbocycles. The number of esters is 1. The van der Waals surface area contributed by atoms with E-state index in [1.165, 1.54) is 19.1 Å². The fraction of sp³-hybridized carbons (Fsp3) is 0.476. The number of carbonyl (C=O) groups excluding carboxylic acids is 3. The lowest BCUT2D eigenvalue weighted by Gasteiger charge is -2.29. The molecule has 0 radical (unpaired) electrons. The van der Waals surface area contributed by atoms with Crippen molar-refractivity contribution in [1.82, 2.24) is 10.2 Å². The summed E-state index contributed by atoms with van der Waals surface area (Å²) in [5, 5.41) is 22.1. The fourth-order valence-electron chi connectivity index (χ4n) is 4.47. The highest BCUT2D eigenvalue weighted by atomic mass is 16.5. The van der Waals surface area contributed by atoms with E-state index in [1.807, 2.05) is 6.92 Å². The Kier molecular flexibility index (Phi) is 6.12. The highest BCUT2D eigenvalue weighted by molar-refractivity contribution is 6.10. The molecular formula is C21H24N2O8. The van der Waals surface area contributed by atoms with Crippen LogP contribution in [0.5, 0.6) is 5.75 Å². The molecule has 0 spiro atoms. The Morgan fingerprint density at radius 2 is 1.77 bits per heavy atom. The first-order valence-electron chi connectivity index (χ1n) is 9.99. The Hall–Kier alpha value is -3.27. The Bertz CT molecular complexity index is 928. The quantitative estimate of drug-likeness (QED) is 0.310. The van der Waals surface area contributed by atoms with E-state index in [1.54, 1.807) is 12.1 Å². The Labute approximate surface area is 178 Å². The number of ether oxygens (including phenoxy) is 1. The first-order chi connectivity index (χ1) is 14.6. The van der Waals surface area contributed by atoms with Crippen molar-refractivity contribution in [2.75, 3.05) is 6.54 Å². The maximum Gasteiger partial charge on any atom is 0.325 e. The number of unbranched alkanes of at least 4 members (excludes halogenated alkanes) is 1. The zero-order chi connectivity index (χ0) is 22.9. The lowest BCUT2D eigenvalue weighted by atomic mass is 9.77. The van der Waals surface area contributed by atoms with Gasteiger partial charge in [-0.1, -0.05) is 25.5 Å². The number of aliphatic carboxylic acids is 2. The zero-order valence-electron chi connectivity index (χ0n) is 17.2. The average molecular weight is 432 g/mol. The lowest BCUT2D eigenvalue weighted by Crippen LogP contribution is -2.57. The first-order valence-corrected chi connectivity index (χ1v) is 9.99. The van der Waals surface area contributed by atoms with Crippen molar-refractivity contribution in [2.24, 2.45) is 11.8 Å². The van der Waals surface area contributed by atoms with E-state index in [0.717, 1.165) is 11.3 Å². The summed E-state index contributed by atoms with van der Waals surface area (Å²) in [4.78, 5) is 62.2. The number of carboxylic acid groups (broad SMARTS) is 2. The van der Waals surface area contributed by atoms with Gasteiger partial charge in [0.05, 0.1) is 18.3 Å². The average Bonchev–Trinajstić information content (AvgIpc) is 3.15. The summed E-state index contributed by atoms with van der Waals surface area (Å²) in [6, 6.07) is 5.19. The van der Waals surface area contributed by atoms with E-state index in [9.17, 15) is 34.2 Å². The van der Waals surface area contributed by atoms with Crippen LogP contribution in [0.1, 0.15) is 44.7 Å². The summed E-state index contributed by atoms with van der Waals surface area (Å²) in [6.07, 6.45) is 0.433. The normalized spacial score (nSPS) is 27.3. The number of benzene rings is 1. The number of rotatable bonds is 8. The van der Waals surface area contributed by atoms with Crippen LogP contribution in [0.2, 0.25) is 0 Å². The second-order valence-electron chi connectivity index (χ2n) is 7.82. The molecule has 2 heterocycles. The molecular weight excluding hydrogens is 408 g/mol. The maximum absolute atomic E-state index is 13.2. The maximum atomic E-state index is 13.2. The molecule has 31 heavy (non-hydrogen) atoms. The molecule has 3 rings (SSSR count). The summed E-state index contributed by atoms with van der Waals surface area (Å²) in [6.45, 7) is 3.30. The monoisotopic (exact) mass is 432 g/mol. The SMILES string of the molecule is CCCCN1C(=O)C2C(c3ccc(OC(C)=O)cc3)NC(CC(=O)O)(C(=O)O)C2C1=O. The van der Waals surface area contributed by atoms with Crippen LogP contribution in [-0.4, -0.2) is 56.9 Å². The van der Waals surface area contributed by atoms with Gasteiger partial charge in [0.1, 0.15) is 11.3 Å². The molecule has 1 aromatic rings. The van der Waals surface area contributed by atoms with Crippen molar-refractivity contribution in [3.63, 3.8) is 0 Å². The molecule has 10 nitrogen and oxygen atoms in total. The van der Waals surface area contributed by atoms with Crippen LogP contribution >= 0.6 is 0 Å². The summed E-state index contributed by atoms with van der Waals surface area (Å²) in [7, 11) is 0. The predicted octanol–water partition coefficient (Wildman–Crippen LogP) is 0.956. The summed E-state index contributed by atoms with van der Waals surface area (Å²) >= 11 is 0. The van der Waals surface area contributed by atoms with Crippen LogP contribution in [-0.2, 0) is 24.0 Å². The van der Waals surface area contributed by atoms with Crippen LogP contribution in [0.4, 0.5) is 0 Å². The van der Waals surface area contributed by atoms with E-state index in [4.69, 9.17) is 4.74 Å². The molecule has 2 fully saturated rings. The minimum atomic E-state index is -2.12. The highest BCUT2D eigenvalue weighted by Gasteiger charge is 2.68.